The van der Waals surface area contributed by atoms with E-state index in [9.17, 15) is 0 Å². The van der Waals surface area contributed by atoms with E-state index in [4.69, 9.17) is 10.5 Å². The average molecular weight is 170 g/mol. The van der Waals surface area contributed by atoms with Crippen LogP contribution >= 0.6 is 0 Å². The highest BCUT2D eigenvalue weighted by molar-refractivity contribution is 4.87. The van der Waals surface area contributed by atoms with Crippen molar-refractivity contribution in [3.05, 3.63) is 0 Å². The van der Waals surface area contributed by atoms with Crippen molar-refractivity contribution >= 4 is 0 Å². The van der Waals surface area contributed by atoms with E-state index in [1.807, 2.05) is 0 Å². The van der Waals surface area contributed by atoms with Gasteiger partial charge in [-0.3, -0.25) is 4.90 Å². The third-order valence-electron chi connectivity index (χ3n) is 3.01. The van der Waals surface area contributed by atoms with Crippen LogP contribution in [0, 0.1) is 0 Å². The van der Waals surface area contributed by atoms with Crippen molar-refractivity contribution in [2.75, 3.05) is 26.3 Å². The normalized spacial score (nSPS) is 32.2. The number of hydrogen-bond donors (Lipinski definition) is 1. The lowest BCUT2D eigenvalue weighted by Crippen LogP contribution is -2.51. The summed E-state index contributed by atoms with van der Waals surface area (Å²) in [6.07, 6.45) is 3.85. The Morgan fingerprint density at radius 3 is 2.83 bits per heavy atom. The molecule has 1 atom stereocenters. The van der Waals surface area contributed by atoms with Crippen LogP contribution in [0.5, 0.6) is 0 Å². The zero-order valence-electron chi connectivity index (χ0n) is 7.54. The smallest absolute Gasteiger partial charge is 0.0645 e. The van der Waals surface area contributed by atoms with Crippen molar-refractivity contribution in [1.82, 2.24) is 4.90 Å². The number of hydrogen-bond acceptors (Lipinski definition) is 3. The van der Waals surface area contributed by atoms with Crippen LogP contribution in [0.2, 0.25) is 0 Å². The van der Waals surface area contributed by atoms with E-state index in [0.29, 0.717) is 6.04 Å². The Hall–Kier alpha value is -0.120. The van der Waals surface area contributed by atoms with Gasteiger partial charge in [0, 0.05) is 6.04 Å². The Kier molecular flexibility index (Phi) is 2.63. The molecule has 2 aliphatic rings. The predicted octanol–water partition coefficient (Wildman–Crippen LogP) is 0.198. The number of rotatable bonds is 3. The summed E-state index contributed by atoms with van der Waals surface area (Å²) in [6.45, 7) is 3.98. The molecule has 0 aliphatic carbocycles. The first-order valence-electron chi connectivity index (χ1n) is 4.95. The maximum absolute atomic E-state index is 5.57. The maximum atomic E-state index is 5.57. The molecule has 12 heavy (non-hydrogen) atoms. The molecule has 0 aromatic heterocycles. The second kappa shape index (κ2) is 3.73. The standard InChI is InChI=1S/C9H18N2O/c10-4-3-8-2-1-5-11(8)9-6-12-7-9/h8-9H,1-7,10H2. The SMILES string of the molecule is NCCC1CCCN1C1COC1. The van der Waals surface area contributed by atoms with Gasteiger partial charge in [-0.2, -0.15) is 0 Å². The van der Waals surface area contributed by atoms with Gasteiger partial charge in [0.1, 0.15) is 0 Å². The monoisotopic (exact) mass is 170 g/mol. The molecule has 2 aliphatic heterocycles. The van der Waals surface area contributed by atoms with Gasteiger partial charge >= 0.3 is 0 Å². The van der Waals surface area contributed by atoms with Gasteiger partial charge in [-0.25, -0.2) is 0 Å². The zero-order valence-corrected chi connectivity index (χ0v) is 7.54. The van der Waals surface area contributed by atoms with Gasteiger partial charge in [0.2, 0.25) is 0 Å². The van der Waals surface area contributed by atoms with E-state index >= 15 is 0 Å². The minimum Gasteiger partial charge on any atom is -0.378 e. The molecule has 0 saturated carbocycles. The van der Waals surface area contributed by atoms with Crippen molar-refractivity contribution in [3.8, 4) is 0 Å². The molecular formula is C9H18N2O. The van der Waals surface area contributed by atoms with E-state index in [1.54, 1.807) is 0 Å². The van der Waals surface area contributed by atoms with E-state index in [2.05, 4.69) is 4.90 Å². The van der Waals surface area contributed by atoms with E-state index in [1.165, 1.54) is 19.4 Å². The molecule has 2 rings (SSSR count). The summed E-state index contributed by atoms with van der Waals surface area (Å²) in [4.78, 5) is 2.59. The highest BCUT2D eigenvalue weighted by Crippen LogP contribution is 2.25. The number of likely N-dealkylation sites (tertiary alicyclic amines) is 1. The van der Waals surface area contributed by atoms with Crippen LogP contribution in [0.4, 0.5) is 0 Å². The second-order valence-electron chi connectivity index (χ2n) is 3.80. The Morgan fingerprint density at radius 1 is 1.42 bits per heavy atom. The van der Waals surface area contributed by atoms with Crippen LogP contribution in [0.25, 0.3) is 0 Å². The second-order valence-corrected chi connectivity index (χ2v) is 3.80. The largest absolute Gasteiger partial charge is 0.378 e. The summed E-state index contributed by atoms with van der Waals surface area (Å²) < 4.78 is 5.20. The molecule has 3 heteroatoms. The molecule has 0 bridgehead atoms. The summed E-state index contributed by atoms with van der Waals surface area (Å²) in [6, 6.07) is 1.47. The minimum absolute atomic E-state index is 0.712. The summed E-state index contributed by atoms with van der Waals surface area (Å²) in [7, 11) is 0. The zero-order chi connectivity index (χ0) is 8.39. The van der Waals surface area contributed by atoms with Gasteiger partial charge in [0.25, 0.3) is 0 Å². The van der Waals surface area contributed by atoms with Gasteiger partial charge in [0.05, 0.1) is 19.3 Å². The van der Waals surface area contributed by atoms with E-state index < -0.39 is 0 Å². The average Bonchev–Trinajstić information content (AvgIpc) is 2.35. The maximum Gasteiger partial charge on any atom is 0.0645 e. The lowest BCUT2D eigenvalue weighted by molar-refractivity contribution is -0.0696. The highest BCUT2D eigenvalue weighted by atomic mass is 16.5. The lowest BCUT2D eigenvalue weighted by atomic mass is 10.1. The number of nitrogens with two attached hydrogens (primary N) is 1. The molecule has 2 N–H and O–H groups in total. The fourth-order valence-corrected chi connectivity index (χ4v) is 2.26. The predicted molar refractivity (Wildman–Crippen MR) is 48.0 cm³/mol. The topological polar surface area (TPSA) is 38.5 Å². The van der Waals surface area contributed by atoms with Gasteiger partial charge < -0.3 is 10.5 Å². The third kappa shape index (κ3) is 1.49. The molecule has 3 nitrogen and oxygen atoms in total. The summed E-state index contributed by atoms with van der Waals surface area (Å²) >= 11 is 0. The van der Waals surface area contributed by atoms with Crippen LogP contribution in [0.1, 0.15) is 19.3 Å². The van der Waals surface area contributed by atoms with Gasteiger partial charge in [-0.05, 0) is 32.4 Å². The summed E-state index contributed by atoms with van der Waals surface area (Å²) in [5.74, 6) is 0. The minimum atomic E-state index is 0.712. The van der Waals surface area contributed by atoms with E-state index in [0.717, 1.165) is 32.2 Å². The molecule has 0 aromatic rings. The summed E-state index contributed by atoms with van der Waals surface area (Å²) in [5.41, 5.74) is 5.57. The Morgan fingerprint density at radius 2 is 2.25 bits per heavy atom. The molecule has 70 valence electrons. The molecule has 1 unspecified atom stereocenters. The van der Waals surface area contributed by atoms with E-state index in [-0.39, 0.29) is 0 Å². The van der Waals surface area contributed by atoms with Crippen LogP contribution < -0.4 is 5.73 Å². The van der Waals surface area contributed by atoms with Crippen molar-refractivity contribution < 1.29 is 4.74 Å². The van der Waals surface area contributed by atoms with Gasteiger partial charge in [0.15, 0.2) is 0 Å². The Bertz CT molecular complexity index is 147. The van der Waals surface area contributed by atoms with Crippen molar-refractivity contribution in [1.29, 1.82) is 0 Å². The summed E-state index contributed by atoms with van der Waals surface area (Å²) in [5, 5.41) is 0. The molecule has 2 heterocycles. The van der Waals surface area contributed by atoms with Crippen molar-refractivity contribution in [2.45, 2.75) is 31.3 Å². The van der Waals surface area contributed by atoms with Crippen molar-refractivity contribution in [2.24, 2.45) is 5.73 Å². The fraction of sp³-hybridized carbons (Fsp3) is 1.00. The highest BCUT2D eigenvalue weighted by Gasteiger charge is 2.33. The van der Waals surface area contributed by atoms with Crippen LogP contribution in [0.15, 0.2) is 0 Å². The number of nitrogens with zero attached hydrogens (tertiary/aromatic N) is 1. The van der Waals surface area contributed by atoms with Gasteiger partial charge in [-0.1, -0.05) is 0 Å². The third-order valence-corrected chi connectivity index (χ3v) is 3.01. The number of ether oxygens (including phenoxy) is 1. The first-order chi connectivity index (χ1) is 5.92. The molecule has 0 spiro atoms. The first kappa shape index (κ1) is 8.48. The molecular weight excluding hydrogens is 152 g/mol. The molecule has 2 fully saturated rings. The Balaban J connectivity index is 1.85. The lowest BCUT2D eigenvalue weighted by Gasteiger charge is -2.38. The molecule has 0 aromatic carbocycles. The molecule has 0 radical (unpaired) electrons. The fourth-order valence-electron chi connectivity index (χ4n) is 2.26. The molecule has 0 amide bonds. The van der Waals surface area contributed by atoms with Crippen LogP contribution in [-0.4, -0.2) is 43.3 Å². The first-order valence-corrected chi connectivity index (χ1v) is 4.95. The van der Waals surface area contributed by atoms with Crippen LogP contribution in [0.3, 0.4) is 0 Å². The Labute approximate surface area is 73.9 Å². The van der Waals surface area contributed by atoms with Crippen LogP contribution in [-0.2, 0) is 4.74 Å². The molecule has 2 saturated heterocycles. The quantitative estimate of drug-likeness (QED) is 0.657. The van der Waals surface area contributed by atoms with Gasteiger partial charge in [-0.15, -0.1) is 0 Å². The van der Waals surface area contributed by atoms with Crippen molar-refractivity contribution in [3.63, 3.8) is 0 Å².